The van der Waals surface area contributed by atoms with Crippen molar-refractivity contribution >= 4 is 12.0 Å². The van der Waals surface area contributed by atoms with Crippen molar-refractivity contribution in [3.8, 4) is 23.3 Å². The van der Waals surface area contributed by atoms with E-state index in [1.54, 1.807) is 36.4 Å². The van der Waals surface area contributed by atoms with E-state index in [0.29, 0.717) is 17.2 Å². The number of esters is 1. The minimum atomic E-state index is -0.470. The third kappa shape index (κ3) is 4.89. The Bertz CT molecular complexity index is 773. The van der Waals surface area contributed by atoms with Gasteiger partial charge in [0, 0.05) is 6.08 Å². The van der Waals surface area contributed by atoms with E-state index in [0.717, 1.165) is 11.1 Å². The number of carbonyl (C=O) groups excluding carboxylic acids is 1. The van der Waals surface area contributed by atoms with Gasteiger partial charge in [0.05, 0.1) is 7.11 Å². The van der Waals surface area contributed by atoms with Gasteiger partial charge in [-0.3, -0.25) is 0 Å². The van der Waals surface area contributed by atoms with E-state index >= 15 is 0 Å². The summed E-state index contributed by atoms with van der Waals surface area (Å²) in [4.78, 5) is 11.8. The molecule has 2 aromatic carbocycles. The van der Waals surface area contributed by atoms with Crippen molar-refractivity contribution in [1.82, 2.24) is 0 Å². The SMILES string of the molecule is COc1cc(/C=C/C(=O)Oc2ccc(C)cc2)ccc1OCC#N. The predicted octanol–water partition coefficient (Wildman–Crippen LogP) is 3.52. The lowest BCUT2D eigenvalue weighted by Gasteiger charge is -2.08. The Balaban J connectivity index is 2.03. The van der Waals surface area contributed by atoms with E-state index in [4.69, 9.17) is 19.5 Å². The van der Waals surface area contributed by atoms with E-state index in [-0.39, 0.29) is 6.61 Å². The first-order chi connectivity index (χ1) is 11.6. The molecule has 0 N–H and O–H groups in total. The first-order valence-electron chi connectivity index (χ1n) is 7.26. The van der Waals surface area contributed by atoms with Crippen molar-refractivity contribution in [2.75, 3.05) is 13.7 Å². The second-order valence-electron chi connectivity index (χ2n) is 4.92. The predicted molar refractivity (Wildman–Crippen MR) is 90.0 cm³/mol. The van der Waals surface area contributed by atoms with Gasteiger partial charge < -0.3 is 14.2 Å². The van der Waals surface area contributed by atoms with Gasteiger partial charge >= 0.3 is 5.97 Å². The summed E-state index contributed by atoms with van der Waals surface area (Å²) >= 11 is 0. The van der Waals surface area contributed by atoms with Crippen LogP contribution >= 0.6 is 0 Å². The van der Waals surface area contributed by atoms with E-state index in [1.807, 2.05) is 25.1 Å². The lowest BCUT2D eigenvalue weighted by molar-refractivity contribution is -0.128. The van der Waals surface area contributed by atoms with Crippen molar-refractivity contribution in [1.29, 1.82) is 5.26 Å². The fourth-order valence-corrected chi connectivity index (χ4v) is 1.94. The van der Waals surface area contributed by atoms with Gasteiger partial charge in [0.15, 0.2) is 18.1 Å². The van der Waals surface area contributed by atoms with Crippen LogP contribution in [0.1, 0.15) is 11.1 Å². The fraction of sp³-hybridized carbons (Fsp3) is 0.158. The standard InChI is InChI=1S/C19H17NO4/c1-14-3-7-16(8-4-14)24-19(21)10-6-15-5-9-17(23-12-11-20)18(13-15)22-2/h3-10,13H,12H2,1-2H3/b10-6+. The van der Waals surface area contributed by atoms with Gasteiger partial charge in [-0.1, -0.05) is 23.8 Å². The smallest absolute Gasteiger partial charge is 0.336 e. The number of aryl methyl sites for hydroxylation is 1. The zero-order valence-electron chi connectivity index (χ0n) is 13.5. The number of benzene rings is 2. The number of nitriles is 1. The highest BCUT2D eigenvalue weighted by Gasteiger charge is 2.05. The molecular formula is C19H17NO4. The second-order valence-corrected chi connectivity index (χ2v) is 4.92. The molecule has 0 radical (unpaired) electrons. The van der Waals surface area contributed by atoms with Crippen molar-refractivity contribution in [2.45, 2.75) is 6.92 Å². The van der Waals surface area contributed by atoms with E-state index in [2.05, 4.69) is 0 Å². The van der Waals surface area contributed by atoms with E-state index in [9.17, 15) is 4.79 Å². The molecule has 2 rings (SSSR count). The number of carbonyl (C=O) groups is 1. The highest BCUT2D eigenvalue weighted by molar-refractivity contribution is 5.88. The first kappa shape index (κ1) is 17.1. The van der Waals surface area contributed by atoms with Gasteiger partial charge in [-0.05, 0) is 42.8 Å². The van der Waals surface area contributed by atoms with Crippen LogP contribution in [0.2, 0.25) is 0 Å². The molecule has 5 nitrogen and oxygen atoms in total. The topological polar surface area (TPSA) is 68.6 Å². The van der Waals surface area contributed by atoms with Crippen LogP contribution in [0.5, 0.6) is 17.2 Å². The molecule has 0 saturated carbocycles. The molecule has 0 aliphatic heterocycles. The zero-order valence-corrected chi connectivity index (χ0v) is 13.5. The number of methoxy groups -OCH3 is 1. The number of hydrogen-bond acceptors (Lipinski definition) is 5. The van der Waals surface area contributed by atoms with Gasteiger partial charge in [0.1, 0.15) is 11.8 Å². The molecule has 0 unspecified atom stereocenters. The van der Waals surface area contributed by atoms with Crippen LogP contribution < -0.4 is 14.2 Å². The summed E-state index contributed by atoms with van der Waals surface area (Å²) in [6.45, 7) is 1.90. The summed E-state index contributed by atoms with van der Waals surface area (Å²) < 4.78 is 15.7. The van der Waals surface area contributed by atoms with Crippen molar-refractivity contribution in [2.24, 2.45) is 0 Å². The number of hydrogen-bond donors (Lipinski definition) is 0. The maximum atomic E-state index is 11.8. The summed E-state index contributed by atoms with van der Waals surface area (Å²) in [5.74, 6) is 0.980. The minimum absolute atomic E-state index is 0.0611. The lowest BCUT2D eigenvalue weighted by Crippen LogP contribution is -2.03. The van der Waals surface area contributed by atoms with Crippen LogP contribution in [-0.2, 0) is 4.79 Å². The average Bonchev–Trinajstić information content (AvgIpc) is 2.60. The third-order valence-corrected chi connectivity index (χ3v) is 3.13. The van der Waals surface area contributed by atoms with Crippen LogP contribution in [0.3, 0.4) is 0 Å². The maximum absolute atomic E-state index is 11.8. The van der Waals surface area contributed by atoms with Crippen LogP contribution in [-0.4, -0.2) is 19.7 Å². The molecule has 122 valence electrons. The summed E-state index contributed by atoms with van der Waals surface area (Å²) in [5.41, 5.74) is 1.84. The van der Waals surface area contributed by atoms with Crippen molar-refractivity contribution in [3.63, 3.8) is 0 Å². The molecule has 0 amide bonds. The molecule has 0 saturated heterocycles. The summed E-state index contributed by atoms with van der Waals surface area (Å²) in [5, 5.41) is 8.55. The normalized spacial score (nSPS) is 10.2. The third-order valence-electron chi connectivity index (χ3n) is 3.13. The van der Waals surface area contributed by atoms with E-state index in [1.165, 1.54) is 13.2 Å². The minimum Gasteiger partial charge on any atom is -0.493 e. The summed E-state index contributed by atoms with van der Waals surface area (Å²) in [6, 6.07) is 14.3. The molecule has 0 aliphatic rings. The summed E-state index contributed by atoms with van der Waals surface area (Å²) in [6.07, 6.45) is 2.96. The van der Waals surface area contributed by atoms with Gasteiger partial charge in [-0.15, -0.1) is 0 Å². The maximum Gasteiger partial charge on any atom is 0.336 e. The molecule has 0 bridgehead atoms. The Hall–Kier alpha value is -3.26. The van der Waals surface area contributed by atoms with Crippen LogP contribution in [0.25, 0.3) is 6.08 Å². The molecule has 0 fully saturated rings. The van der Waals surface area contributed by atoms with Gasteiger partial charge in [0.2, 0.25) is 0 Å². The Morgan fingerprint density at radius 3 is 2.58 bits per heavy atom. The fourth-order valence-electron chi connectivity index (χ4n) is 1.94. The highest BCUT2D eigenvalue weighted by atomic mass is 16.5. The number of nitrogens with zero attached hydrogens (tertiary/aromatic N) is 1. The Kier molecular flexibility index (Phi) is 5.98. The molecule has 0 aliphatic carbocycles. The van der Waals surface area contributed by atoms with Gasteiger partial charge in [-0.2, -0.15) is 5.26 Å². The number of rotatable bonds is 6. The molecule has 0 atom stereocenters. The van der Waals surface area contributed by atoms with Gasteiger partial charge in [0.25, 0.3) is 0 Å². The van der Waals surface area contributed by atoms with E-state index < -0.39 is 5.97 Å². The molecule has 0 spiro atoms. The molecule has 2 aromatic rings. The molecule has 24 heavy (non-hydrogen) atoms. The molecular weight excluding hydrogens is 306 g/mol. The summed E-state index contributed by atoms with van der Waals surface area (Å²) in [7, 11) is 1.51. The van der Waals surface area contributed by atoms with Crippen molar-refractivity contribution in [3.05, 3.63) is 59.7 Å². The monoisotopic (exact) mass is 323 g/mol. The van der Waals surface area contributed by atoms with Crippen molar-refractivity contribution < 1.29 is 19.0 Å². The molecule has 0 aromatic heterocycles. The largest absolute Gasteiger partial charge is 0.493 e. The molecule has 5 heteroatoms. The average molecular weight is 323 g/mol. The van der Waals surface area contributed by atoms with Crippen LogP contribution in [0, 0.1) is 18.3 Å². The lowest BCUT2D eigenvalue weighted by atomic mass is 10.2. The Morgan fingerprint density at radius 1 is 1.17 bits per heavy atom. The van der Waals surface area contributed by atoms with Gasteiger partial charge in [-0.25, -0.2) is 4.79 Å². The van der Waals surface area contributed by atoms with Crippen LogP contribution in [0.4, 0.5) is 0 Å². The highest BCUT2D eigenvalue weighted by Crippen LogP contribution is 2.28. The zero-order chi connectivity index (χ0) is 17.4. The quantitative estimate of drug-likeness (QED) is 0.462. The Labute approximate surface area is 140 Å². The second kappa shape index (κ2) is 8.39. The number of ether oxygens (including phenoxy) is 3. The Morgan fingerprint density at radius 2 is 1.92 bits per heavy atom. The van der Waals surface area contributed by atoms with Crippen LogP contribution in [0.15, 0.2) is 48.5 Å². The first-order valence-corrected chi connectivity index (χ1v) is 7.26. The molecule has 0 heterocycles.